The first-order chi connectivity index (χ1) is 6.92. The van der Waals surface area contributed by atoms with Crippen molar-refractivity contribution in [1.82, 2.24) is 15.1 Å². The third-order valence-corrected chi connectivity index (χ3v) is 3.22. The van der Waals surface area contributed by atoms with Crippen molar-refractivity contribution in [2.24, 2.45) is 0 Å². The number of carbonyl (C=O) groups excluding carboxylic acids is 1. The zero-order chi connectivity index (χ0) is 9.80. The number of carbonyl (C=O) groups is 1. The van der Waals surface area contributed by atoms with Gasteiger partial charge in [-0.1, -0.05) is 0 Å². The van der Waals surface area contributed by atoms with Gasteiger partial charge in [0.05, 0.1) is 6.17 Å². The Hall–Kier alpha value is -0.610. The van der Waals surface area contributed by atoms with Gasteiger partial charge < -0.3 is 10.2 Å². The molecule has 2 aliphatic heterocycles. The average molecular weight is 197 g/mol. The van der Waals surface area contributed by atoms with Crippen LogP contribution in [0.4, 0.5) is 0 Å². The van der Waals surface area contributed by atoms with Gasteiger partial charge in [-0.05, 0) is 19.3 Å². The minimum absolute atomic E-state index is 0.378. The molecule has 0 aromatic carbocycles. The van der Waals surface area contributed by atoms with Crippen LogP contribution in [0.15, 0.2) is 0 Å². The zero-order valence-electron chi connectivity index (χ0n) is 8.61. The molecule has 1 amide bonds. The third-order valence-electron chi connectivity index (χ3n) is 3.22. The molecule has 2 aliphatic rings. The molecule has 2 heterocycles. The van der Waals surface area contributed by atoms with Crippen LogP contribution in [0.25, 0.3) is 0 Å². The molecular formula is C10H19N3O. The number of nitrogens with one attached hydrogen (secondary N) is 1. The Labute approximate surface area is 85.2 Å². The van der Waals surface area contributed by atoms with Crippen LogP contribution in [0, 0.1) is 0 Å². The summed E-state index contributed by atoms with van der Waals surface area (Å²) >= 11 is 0. The molecule has 0 saturated carbocycles. The number of amides is 1. The van der Waals surface area contributed by atoms with Crippen LogP contribution in [0.2, 0.25) is 0 Å². The fraction of sp³-hybridized carbons (Fsp3) is 0.900. The van der Waals surface area contributed by atoms with Crippen molar-refractivity contribution < 1.29 is 4.79 Å². The van der Waals surface area contributed by atoms with E-state index in [0.29, 0.717) is 6.17 Å². The fourth-order valence-electron chi connectivity index (χ4n) is 2.43. The monoisotopic (exact) mass is 197 g/mol. The molecule has 4 heteroatoms. The Morgan fingerprint density at radius 2 is 1.93 bits per heavy atom. The van der Waals surface area contributed by atoms with Gasteiger partial charge in [0.2, 0.25) is 6.41 Å². The van der Waals surface area contributed by atoms with Gasteiger partial charge in [-0.15, -0.1) is 0 Å². The lowest BCUT2D eigenvalue weighted by atomic mass is 10.1. The summed E-state index contributed by atoms with van der Waals surface area (Å²) in [6.07, 6.45) is 4.98. The molecule has 2 rings (SSSR count). The van der Waals surface area contributed by atoms with Gasteiger partial charge >= 0.3 is 0 Å². The van der Waals surface area contributed by atoms with Crippen LogP contribution in [0.3, 0.4) is 0 Å². The summed E-state index contributed by atoms with van der Waals surface area (Å²) in [6.45, 7) is 5.22. The number of rotatable bonds is 2. The van der Waals surface area contributed by atoms with E-state index in [1.807, 2.05) is 4.90 Å². The molecule has 0 radical (unpaired) electrons. The molecule has 0 spiro atoms. The smallest absolute Gasteiger partial charge is 0.210 e. The molecule has 0 aromatic rings. The van der Waals surface area contributed by atoms with E-state index in [9.17, 15) is 4.79 Å². The summed E-state index contributed by atoms with van der Waals surface area (Å²) in [7, 11) is 0. The second-order valence-corrected chi connectivity index (χ2v) is 4.11. The Balaban J connectivity index is 1.94. The molecule has 1 N–H and O–H groups in total. The van der Waals surface area contributed by atoms with Crippen LogP contribution in [-0.4, -0.2) is 55.1 Å². The number of hydrogen-bond donors (Lipinski definition) is 1. The Kier molecular flexibility index (Phi) is 3.37. The highest BCUT2D eigenvalue weighted by atomic mass is 16.1. The molecule has 14 heavy (non-hydrogen) atoms. The third kappa shape index (κ3) is 2.07. The number of hydrogen-bond acceptors (Lipinski definition) is 3. The van der Waals surface area contributed by atoms with Gasteiger partial charge in [0, 0.05) is 32.7 Å². The lowest BCUT2D eigenvalue weighted by Gasteiger charge is -2.42. The minimum atomic E-state index is 0.378. The average Bonchev–Trinajstić information content (AvgIpc) is 2.30. The van der Waals surface area contributed by atoms with Crippen LogP contribution in [0.5, 0.6) is 0 Å². The molecule has 1 unspecified atom stereocenters. The predicted molar refractivity (Wildman–Crippen MR) is 54.9 cm³/mol. The quantitative estimate of drug-likeness (QED) is 0.626. The normalized spacial score (nSPS) is 30.3. The van der Waals surface area contributed by atoms with Gasteiger partial charge in [0.1, 0.15) is 0 Å². The Morgan fingerprint density at radius 1 is 1.14 bits per heavy atom. The predicted octanol–water partition coefficient (Wildman–Crippen LogP) is -0.140. The first-order valence-corrected chi connectivity index (χ1v) is 5.57. The highest BCUT2D eigenvalue weighted by Gasteiger charge is 2.27. The largest absolute Gasteiger partial charge is 0.330 e. The maximum atomic E-state index is 10.9. The van der Waals surface area contributed by atoms with E-state index in [0.717, 1.165) is 45.6 Å². The summed E-state index contributed by atoms with van der Waals surface area (Å²) in [4.78, 5) is 15.3. The second kappa shape index (κ2) is 4.75. The summed E-state index contributed by atoms with van der Waals surface area (Å²) < 4.78 is 0. The van der Waals surface area contributed by atoms with Crippen molar-refractivity contribution in [3.05, 3.63) is 0 Å². The zero-order valence-corrected chi connectivity index (χ0v) is 8.61. The fourth-order valence-corrected chi connectivity index (χ4v) is 2.43. The van der Waals surface area contributed by atoms with Crippen molar-refractivity contribution >= 4 is 6.41 Å². The van der Waals surface area contributed by atoms with E-state index in [4.69, 9.17) is 0 Å². The second-order valence-electron chi connectivity index (χ2n) is 4.11. The number of likely N-dealkylation sites (tertiary alicyclic amines) is 1. The molecular weight excluding hydrogens is 178 g/mol. The van der Waals surface area contributed by atoms with E-state index in [1.165, 1.54) is 12.8 Å². The first kappa shape index (κ1) is 9.93. The van der Waals surface area contributed by atoms with Crippen molar-refractivity contribution in [2.45, 2.75) is 25.4 Å². The van der Waals surface area contributed by atoms with E-state index < -0.39 is 0 Å². The molecule has 80 valence electrons. The highest BCUT2D eigenvalue weighted by molar-refractivity contribution is 5.47. The van der Waals surface area contributed by atoms with Gasteiger partial charge in [-0.25, -0.2) is 0 Å². The van der Waals surface area contributed by atoms with Gasteiger partial charge in [-0.2, -0.15) is 0 Å². The Bertz CT molecular complexity index is 192. The van der Waals surface area contributed by atoms with Crippen molar-refractivity contribution in [2.75, 3.05) is 32.7 Å². The Morgan fingerprint density at radius 3 is 2.64 bits per heavy atom. The summed E-state index contributed by atoms with van der Waals surface area (Å²) in [5, 5.41) is 3.34. The van der Waals surface area contributed by atoms with Crippen molar-refractivity contribution in [3.63, 3.8) is 0 Å². The molecule has 4 nitrogen and oxygen atoms in total. The van der Waals surface area contributed by atoms with Gasteiger partial charge in [-0.3, -0.25) is 9.69 Å². The standard InChI is InChI=1S/C10H19N3O/c14-9-13-6-2-1-3-10(13)12-7-4-11-5-8-12/h9-11H,1-8H2. The van der Waals surface area contributed by atoms with Crippen LogP contribution < -0.4 is 5.32 Å². The topological polar surface area (TPSA) is 35.6 Å². The highest BCUT2D eigenvalue weighted by Crippen LogP contribution is 2.18. The first-order valence-electron chi connectivity index (χ1n) is 5.57. The number of nitrogens with zero attached hydrogens (tertiary/aromatic N) is 2. The van der Waals surface area contributed by atoms with E-state index in [-0.39, 0.29) is 0 Å². The maximum absolute atomic E-state index is 10.9. The van der Waals surface area contributed by atoms with E-state index in [1.54, 1.807) is 0 Å². The summed E-state index contributed by atoms with van der Waals surface area (Å²) in [5.74, 6) is 0. The molecule has 0 bridgehead atoms. The molecule has 0 aromatic heterocycles. The van der Waals surface area contributed by atoms with Crippen LogP contribution >= 0.6 is 0 Å². The van der Waals surface area contributed by atoms with E-state index >= 15 is 0 Å². The molecule has 2 saturated heterocycles. The van der Waals surface area contributed by atoms with Gasteiger partial charge in [0.15, 0.2) is 0 Å². The molecule has 1 atom stereocenters. The van der Waals surface area contributed by atoms with Gasteiger partial charge in [0.25, 0.3) is 0 Å². The summed E-state index contributed by atoms with van der Waals surface area (Å²) in [5.41, 5.74) is 0. The van der Waals surface area contributed by atoms with E-state index in [2.05, 4.69) is 10.2 Å². The SMILES string of the molecule is O=CN1CCCCC1N1CCNCC1. The van der Waals surface area contributed by atoms with Crippen molar-refractivity contribution in [3.8, 4) is 0 Å². The maximum Gasteiger partial charge on any atom is 0.210 e. The molecule has 2 fully saturated rings. The van der Waals surface area contributed by atoms with Crippen LogP contribution in [-0.2, 0) is 4.79 Å². The number of piperidine rings is 1. The van der Waals surface area contributed by atoms with Crippen molar-refractivity contribution in [1.29, 1.82) is 0 Å². The lowest BCUT2D eigenvalue weighted by Crippen LogP contribution is -2.56. The summed E-state index contributed by atoms with van der Waals surface area (Å²) in [6, 6.07) is 0. The lowest BCUT2D eigenvalue weighted by molar-refractivity contribution is -0.126. The minimum Gasteiger partial charge on any atom is -0.330 e. The number of piperazine rings is 1. The van der Waals surface area contributed by atoms with Crippen LogP contribution in [0.1, 0.15) is 19.3 Å². The molecule has 0 aliphatic carbocycles.